The van der Waals surface area contributed by atoms with E-state index in [1.54, 1.807) is 6.20 Å². The molecule has 1 aromatic heterocycles. The second-order valence-electron chi connectivity index (χ2n) is 6.20. The van der Waals surface area contributed by atoms with Crippen LogP contribution in [-0.2, 0) is 4.79 Å². The molecule has 3 N–H and O–H groups in total. The number of carbonyl (C=O) groups is 1. The Kier molecular flexibility index (Phi) is 5.17. The van der Waals surface area contributed by atoms with Crippen molar-refractivity contribution in [3.05, 3.63) is 18.0 Å². The zero-order chi connectivity index (χ0) is 14.5. The van der Waals surface area contributed by atoms with Crippen LogP contribution in [0, 0.1) is 11.8 Å². The van der Waals surface area contributed by atoms with Crippen molar-refractivity contribution in [2.45, 2.75) is 39.0 Å². The van der Waals surface area contributed by atoms with E-state index < -0.39 is 0 Å². The molecule has 1 saturated heterocycles. The monoisotopic (exact) mass is 278 g/mol. The summed E-state index contributed by atoms with van der Waals surface area (Å²) in [4.78, 5) is 14.6. The number of nitrogens with two attached hydrogens (primary N) is 1. The van der Waals surface area contributed by atoms with Crippen molar-refractivity contribution in [2.24, 2.45) is 17.6 Å². The van der Waals surface area contributed by atoms with Crippen LogP contribution >= 0.6 is 0 Å². The van der Waals surface area contributed by atoms with Gasteiger partial charge in [0.2, 0.25) is 5.91 Å². The molecule has 0 radical (unpaired) electrons. The second kappa shape index (κ2) is 6.88. The molecule has 5 heteroatoms. The van der Waals surface area contributed by atoms with E-state index in [0.717, 1.165) is 38.0 Å². The summed E-state index contributed by atoms with van der Waals surface area (Å²) in [6.07, 6.45) is 4.82. The molecule has 112 valence electrons. The van der Waals surface area contributed by atoms with E-state index in [0.29, 0.717) is 18.4 Å². The Morgan fingerprint density at radius 1 is 1.60 bits per heavy atom. The predicted molar refractivity (Wildman–Crippen MR) is 79.1 cm³/mol. The number of nitrogens with zero attached hydrogens (tertiary/aromatic N) is 2. The quantitative estimate of drug-likeness (QED) is 0.861. The van der Waals surface area contributed by atoms with E-state index in [4.69, 9.17) is 5.73 Å². The van der Waals surface area contributed by atoms with Crippen molar-refractivity contribution in [3.8, 4) is 0 Å². The first kappa shape index (κ1) is 15.0. The standard InChI is InChI=1S/C15H26N4O/c1-11(2)8-13(9-16)15(20)19-7-3-4-12(10-19)14-5-6-17-18-14/h5-6,11-13H,3-4,7-10,16H2,1-2H3,(H,17,18). The molecule has 1 aromatic rings. The van der Waals surface area contributed by atoms with Crippen molar-refractivity contribution >= 4 is 5.91 Å². The molecule has 2 rings (SSSR count). The third-order valence-electron chi connectivity index (χ3n) is 4.08. The van der Waals surface area contributed by atoms with Crippen LogP contribution in [0.25, 0.3) is 0 Å². The number of hydrogen-bond acceptors (Lipinski definition) is 3. The maximum atomic E-state index is 12.6. The number of hydrogen-bond donors (Lipinski definition) is 2. The molecule has 0 spiro atoms. The Morgan fingerprint density at radius 3 is 3.00 bits per heavy atom. The fourth-order valence-electron chi connectivity index (χ4n) is 3.05. The van der Waals surface area contributed by atoms with Gasteiger partial charge in [-0.05, 0) is 31.2 Å². The number of nitrogens with one attached hydrogen (secondary N) is 1. The van der Waals surface area contributed by atoms with E-state index in [1.165, 1.54) is 0 Å². The van der Waals surface area contributed by atoms with E-state index in [9.17, 15) is 4.79 Å². The van der Waals surface area contributed by atoms with Gasteiger partial charge in [-0.2, -0.15) is 5.10 Å². The van der Waals surface area contributed by atoms with E-state index in [2.05, 4.69) is 24.0 Å². The Hall–Kier alpha value is -1.36. The number of piperidine rings is 1. The first-order chi connectivity index (χ1) is 9.61. The minimum absolute atomic E-state index is 0.0319. The first-order valence-corrected chi connectivity index (χ1v) is 7.60. The summed E-state index contributed by atoms with van der Waals surface area (Å²) in [5.41, 5.74) is 6.93. The van der Waals surface area contributed by atoms with Gasteiger partial charge in [-0.1, -0.05) is 13.8 Å². The largest absolute Gasteiger partial charge is 0.342 e. The van der Waals surface area contributed by atoms with Crippen LogP contribution in [0.2, 0.25) is 0 Å². The van der Waals surface area contributed by atoms with E-state index in [1.807, 2.05) is 11.0 Å². The normalized spacial score (nSPS) is 21.2. The van der Waals surface area contributed by atoms with Crippen LogP contribution in [0.15, 0.2) is 12.3 Å². The predicted octanol–water partition coefficient (Wildman–Crippen LogP) is 1.74. The lowest BCUT2D eigenvalue weighted by atomic mass is 9.91. The van der Waals surface area contributed by atoms with Gasteiger partial charge in [0, 0.05) is 37.4 Å². The van der Waals surface area contributed by atoms with Crippen LogP contribution in [0.4, 0.5) is 0 Å². The maximum absolute atomic E-state index is 12.6. The zero-order valence-corrected chi connectivity index (χ0v) is 12.5. The summed E-state index contributed by atoms with van der Waals surface area (Å²) < 4.78 is 0. The summed E-state index contributed by atoms with van der Waals surface area (Å²) in [6.45, 7) is 6.37. The Labute approximate surface area is 120 Å². The molecule has 1 amide bonds. The third-order valence-corrected chi connectivity index (χ3v) is 4.08. The van der Waals surface area contributed by atoms with Crippen molar-refractivity contribution in [1.82, 2.24) is 15.1 Å². The number of rotatable bonds is 5. The summed E-state index contributed by atoms with van der Waals surface area (Å²) in [5, 5.41) is 7.04. The molecule has 0 bridgehead atoms. The molecule has 2 unspecified atom stereocenters. The van der Waals surface area contributed by atoms with Crippen LogP contribution in [0.5, 0.6) is 0 Å². The third kappa shape index (κ3) is 3.60. The van der Waals surface area contributed by atoms with Crippen LogP contribution in [0.3, 0.4) is 0 Å². The molecule has 1 aliphatic heterocycles. The SMILES string of the molecule is CC(C)CC(CN)C(=O)N1CCCC(c2ccn[nH]2)C1. The summed E-state index contributed by atoms with van der Waals surface area (Å²) in [5.74, 6) is 1.08. The highest BCUT2D eigenvalue weighted by molar-refractivity contribution is 5.79. The molecule has 0 aliphatic carbocycles. The van der Waals surface area contributed by atoms with Crippen molar-refractivity contribution in [3.63, 3.8) is 0 Å². The highest BCUT2D eigenvalue weighted by atomic mass is 16.2. The van der Waals surface area contributed by atoms with Crippen LogP contribution < -0.4 is 5.73 Å². The lowest BCUT2D eigenvalue weighted by molar-refractivity contribution is -0.137. The fourth-order valence-corrected chi connectivity index (χ4v) is 3.05. The summed E-state index contributed by atoms with van der Waals surface area (Å²) >= 11 is 0. The average Bonchev–Trinajstić information content (AvgIpc) is 2.98. The smallest absolute Gasteiger partial charge is 0.226 e. The van der Waals surface area contributed by atoms with Crippen molar-refractivity contribution < 1.29 is 4.79 Å². The highest BCUT2D eigenvalue weighted by Gasteiger charge is 2.29. The summed E-state index contributed by atoms with van der Waals surface area (Å²) in [6, 6.07) is 2.01. The molecule has 5 nitrogen and oxygen atoms in total. The molecular formula is C15H26N4O. The van der Waals surface area contributed by atoms with Crippen LogP contribution in [-0.4, -0.2) is 40.6 Å². The van der Waals surface area contributed by atoms with Crippen molar-refractivity contribution in [1.29, 1.82) is 0 Å². The van der Waals surface area contributed by atoms with E-state index >= 15 is 0 Å². The Balaban J connectivity index is 1.99. The van der Waals surface area contributed by atoms with Gasteiger partial charge in [0.1, 0.15) is 0 Å². The zero-order valence-electron chi connectivity index (χ0n) is 12.5. The molecule has 2 heterocycles. The average molecular weight is 278 g/mol. The maximum Gasteiger partial charge on any atom is 0.226 e. The minimum Gasteiger partial charge on any atom is -0.342 e. The molecule has 2 atom stereocenters. The lowest BCUT2D eigenvalue weighted by Crippen LogP contribution is -2.44. The molecular weight excluding hydrogens is 252 g/mol. The number of likely N-dealkylation sites (tertiary alicyclic amines) is 1. The van der Waals surface area contributed by atoms with Gasteiger partial charge < -0.3 is 10.6 Å². The molecule has 1 aliphatic rings. The van der Waals surface area contributed by atoms with Gasteiger partial charge >= 0.3 is 0 Å². The number of H-pyrrole nitrogens is 1. The minimum atomic E-state index is -0.0319. The van der Waals surface area contributed by atoms with Gasteiger partial charge in [0.15, 0.2) is 0 Å². The number of aromatic nitrogens is 2. The number of amides is 1. The Morgan fingerprint density at radius 2 is 2.40 bits per heavy atom. The first-order valence-electron chi connectivity index (χ1n) is 7.60. The van der Waals surface area contributed by atoms with Crippen molar-refractivity contribution in [2.75, 3.05) is 19.6 Å². The van der Waals surface area contributed by atoms with Gasteiger partial charge in [-0.3, -0.25) is 9.89 Å². The highest BCUT2D eigenvalue weighted by Crippen LogP contribution is 2.26. The number of aromatic amines is 1. The lowest BCUT2D eigenvalue weighted by Gasteiger charge is -2.34. The molecule has 0 aromatic carbocycles. The fraction of sp³-hybridized carbons (Fsp3) is 0.733. The van der Waals surface area contributed by atoms with Crippen LogP contribution in [0.1, 0.15) is 44.7 Å². The Bertz CT molecular complexity index is 416. The molecule has 1 fully saturated rings. The van der Waals surface area contributed by atoms with Gasteiger partial charge in [-0.25, -0.2) is 0 Å². The summed E-state index contributed by atoms with van der Waals surface area (Å²) in [7, 11) is 0. The molecule has 0 saturated carbocycles. The van der Waals surface area contributed by atoms with E-state index in [-0.39, 0.29) is 11.8 Å². The van der Waals surface area contributed by atoms with Gasteiger partial charge in [-0.15, -0.1) is 0 Å². The topological polar surface area (TPSA) is 75.0 Å². The number of carbonyl (C=O) groups excluding carboxylic acids is 1. The van der Waals surface area contributed by atoms with Gasteiger partial charge in [0.05, 0.1) is 5.92 Å². The molecule has 20 heavy (non-hydrogen) atoms. The second-order valence-corrected chi connectivity index (χ2v) is 6.20. The van der Waals surface area contributed by atoms with Gasteiger partial charge in [0.25, 0.3) is 0 Å².